The first-order chi connectivity index (χ1) is 5.67. The average molecular weight is 191 g/mol. The largest absolute Gasteiger partial charge is 0.378 e. The van der Waals surface area contributed by atoms with E-state index in [9.17, 15) is 0 Å². The number of hydrogen-bond donors (Lipinski definition) is 0. The quantitative estimate of drug-likeness (QED) is 0.622. The summed E-state index contributed by atoms with van der Waals surface area (Å²) in [5.74, 6) is 1.41. The van der Waals surface area contributed by atoms with Gasteiger partial charge in [0.05, 0.1) is 6.10 Å². The van der Waals surface area contributed by atoms with E-state index in [1.165, 1.54) is 6.42 Å². The van der Waals surface area contributed by atoms with E-state index in [0.29, 0.717) is 12.0 Å². The molecule has 1 heterocycles. The van der Waals surface area contributed by atoms with Gasteiger partial charge in [0.2, 0.25) is 0 Å². The van der Waals surface area contributed by atoms with Crippen molar-refractivity contribution in [3.05, 3.63) is 0 Å². The molecule has 0 radical (unpaired) electrons. The Balaban J connectivity index is 2.73. The lowest BCUT2D eigenvalue weighted by Gasteiger charge is -2.35. The van der Waals surface area contributed by atoms with E-state index in [0.717, 1.165) is 18.9 Å². The van der Waals surface area contributed by atoms with Crippen molar-refractivity contribution in [2.75, 3.05) is 12.5 Å². The fourth-order valence-electron chi connectivity index (χ4n) is 2.16. The number of ether oxygens (including phenoxy) is 1. The molecular formula is C10H19ClO. The van der Waals surface area contributed by atoms with Crippen LogP contribution < -0.4 is 0 Å². The highest BCUT2D eigenvalue weighted by atomic mass is 35.5. The third-order valence-corrected chi connectivity index (χ3v) is 4.09. The molecule has 72 valence electrons. The Bertz CT molecular complexity index is 149. The summed E-state index contributed by atoms with van der Waals surface area (Å²) < 4.78 is 5.60. The molecular weight excluding hydrogens is 172 g/mol. The van der Waals surface area contributed by atoms with Gasteiger partial charge in [-0.15, -0.1) is 11.6 Å². The van der Waals surface area contributed by atoms with Crippen LogP contribution in [0.2, 0.25) is 0 Å². The van der Waals surface area contributed by atoms with Crippen molar-refractivity contribution in [2.45, 2.75) is 39.7 Å². The lowest BCUT2D eigenvalue weighted by Crippen LogP contribution is -2.37. The molecule has 1 saturated heterocycles. The molecule has 1 aliphatic heterocycles. The van der Waals surface area contributed by atoms with Crippen LogP contribution in [0, 0.1) is 11.3 Å². The third-order valence-electron chi connectivity index (χ3n) is 3.59. The fraction of sp³-hybridized carbons (Fsp3) is 1.00. The molecule has 3 atom stereocenters. The second-order valence-corrected chi connectivity index (χ2v) is 4.21. The van der Waals surface area contributed by atoms with Gasteiger partial charge in [-0.25, -0.2) is 0 Å². The van der Waals surface area contributed by atoms with Gasteiger partial charge in [0.15, 0.2) is 0 Å². The van der Waals surface area contributed by atoms with Gasteiger partial charge in [-0.05, 0) is 19.3 Å². The zero-order chi connectivity index (χ0) is 9.19. The SMILES string of the molecule is CCC(C)C1(CCl)CCOC1C. The van der Waals surface area contributed by atoms with Crippen LogP contribution in [0.1, 0.15) is 33.6 Å². The number of hydrogen-bond acceptors (Lipinski definition) is 1. The van der Waals surface area contributed by atoms with E-state index in [4.69, 9.17) is 16.3 Å². The smallest absolute Gasteiger partial charge is 0.0618 e. The first-order valence-corrected chi connectivity index (χ1v) is 5.38. The predicted molar refractivity (Wildman–Crippen MR) is 52.6 cm³/mol. The Morgan fingerprint density at radius 3 is 2.67 bits per heavy atom. The molecule has 2 heteroatoms. The van der Waals surface area contributed by atoms with Gasteiger partial charge < -0.3 is 4.74 Å². The molecule has 0 bridgehead atoms. The van der Waals surface area contributed by atoms with Crippen molar-refractivity contribution < 1.29 is 4.74 Å². The topological polar surface area (TPSA) is 9.23 Å². The van der Waals surface area contributed by atoms with E-state index >= 15 is 0 Å². The summed E-state index contributed by atoms with van der Waals surface area (Å²) in [6, 6.07) is 0. The number of halogens is 1. The van der Waals surface area contributed by atoms with Crippen LogP contribution in [0.4, 0.5) is 0 Å². The van der Waals surface area contributed by atoms with Crippen molar-refractivity contribution in [2.24, 2.45) is 11.3 Å². The maximum Gasteiger partial charge on any atom is 0.0618 e. The average Bonchev–Trinajstić information content (AvgIpc) is 2.46. The molecule has 0 aromatic rings. The fourth-order valence-corrected chi connectivity index (χ4v) is 2.77. The Morgan fingerprint density at radius 1 is 1.67 bits per heavy atom. The highest BCUT2D eigenvalue weighted by molar-refractivity contribution is 6.18. The molecule has 0 amide bonds. The van der Waals surface area contributed by atoms with Gasteiger partial charge in [-0.1, -0.05) is 20.3 Å². The second-order valence-electron chi connectivity index (χ2n) is 3.94. The Kier molecular flexibility index (Phi) is 3.42. The Hall–Kier alpha value is 0.250. The van der Waals surface area contributed by atoms with Crippen LogP contribution in [0.15, 0.2) is 0 Å². The van der Waals surface area contributed by atoms with Crippen LogP contribution in [0.25, 0.3) is 0 Å². The first-order valence-electron chi connectivity index (χ1n) is 4.85. The summed E-state index contributed by atoms with van der Waals surface area (Å²) in [6.45, 7) is 7.55. The summed E-state index contributed by atoms with van der Waals surface area (Å²) in [7, 11) is 0. The van der Waals surface area contributed by atoms with Crippen molar-refractivity contribution in [3.63, 3.8) is 0 Å². The Morgan fingerprint density at radius 2 is 2.33 bits per heavy atom. The maximum atomic E-state index is 6.05. The van der Waals surface area contributed by atoms with Gasteiger partial charge >= 0.3 is 0 Å². The molecule has 0 N–H and O–H groups in total. The molecule has 12 heavy (non-hydrogen) atoms. The van der Waals surface area contributed by atoms with Crippen molar-refractivity contribution >= 4 is 11.6 Å². The molecule has 0 saturated carbocycles. The molecule has 1 nitrogen and oxygen atoms in total. The molecule has 0 spiro atoms. The summed E-state index contributed by atoms with van der Waals surface area (Å²) in [4.78, 5) is 0. The number of rotatable bonds is 3. The van der Waals surface area contributed by atoms with Crippen LogP contribution >= 0.6 is 11.6 Å². The molecule has 1 aliphatic rings. The predicted octanol–water partition coefficient (Wildman–Crippen LogP) is 3.07. The van der Waals surface area contributed by atoms with Crippen LogP contribution in [-0.2, 0) is 4.74 Å². The standard InChI is InChI=1S/C10H19ClO/c1-4-8(2)10(7-11)5-6-12-9(10)3/h8-9H,4-7H2,1-3H3. The van der Waals surface area contributed by atoms with E-state index in [1.54, 1.807) is 0 Å². The number of alkyl halides is 1. The summed E-state index contributed by atoms with van der Waals surface area (Å²) in [5, 5.41) is 0. The van der Waals surface area contributed by atoms with Gasteiger partial charge in [-0.2, -0.15) is 0 Å². The van der Waals surface area contributed by atoms with Crippen molar-refractivity contribution in [1.29, 1.82) is 0 Å². The highest BCUT2D eigenvalue weighted by Gasteiger charge is 2.44. The summed E-state index contributed by atoms with van der Waals surface area (Å²) in [6.07, 6.45) is 2.66. The van der Waals surface area contributed by atoms with Gasteiger partial charge in [0.1, 0.15) is 0 Å². The summed E-state index contributed by atoms with van der Waals surface area (Å²) >= 11 is 6.05. The minimum atomic E-state index is 0.246. The maximum absolute atomic E-state index is 6.05. The highest BCUT2D eigenvalue weighted by Crippen LogP contribution is 2.43. The van der Waals surface area contributed by atoms with Crippen LogP contribution in [-0.4, -0.2) is 18.6 Å². The van der Waals surface area contributed by atoms with Crippen molar-refractivity contribution in [3.8, 4) is 0 Å². The van der Waals surface area contributed by atoms with Crippen molar-refractivity contribution in [1.82, 2.24) is 0 Å². The normalized spacial score (nSPS) is 38.5. The Labute approximate surface area is 80.4 Å². The van der Waals surface area contributed by atoms with Gasteiger partial charge in [0, 0.05) is 17.9 Å². The van der Waals surface area contributed by atoms with E-state index in [2.05, 4.69) is 20.8 Å². The van der Waals surface area contributed by atoms with Crippen LogP contribution in [0.5, 0.6) is 0 Å². The molecule has 3 unspecified atom stereocenters. The van der Waals surface area contributed by atoms with E-state index in [1.807, 2.05) is 0 Å². The molecule has 0 aromatic carbocycles. The molecule has 1 rings (SSSR count). The first kappa shape index (κ1) is 10.3. The zero-order valence-electron chi connectivity index (χ0n) is 8.27. The van der Waals surface area contributed by atoms with Crippen LogP contribution in [0.3, 0.4) is 0 Å². The minimum absolute atomic E-state index is 0.246. The molecule has 1 fully saturated rings. The molecule has 0 aromatic heterocycles. The molecule has 0 aliphatic carbocycles. The van der Waals surface area contributed by atoms with E-state index in [-0.39, 0.29) is 5.41 Å². The van der Waals surface area contributed by atoms with Gasteiger partial charge in [0.25, 0.3) is 0 Å². The monoisotopic (exact) mass is 190 g/mol. The minimum Gasteiger partial charge on any atom is -0.378 e. The van der Waals surface area contributed by atoms with E-state index < -0.39 is 0 Å². The third kappa shape index (κ3) is 1.49. The second kappa shape index (κ2) is 3.97. The zero-order valence-corrected chi connectivity index (χ0v) is 9.03. The lowest BCUT2D eigenvalue weighted by atomic mass is 9.72. The summed E-state index contributed by atoms with van der Waals surface area (Å²) in [5.41, 5.74) is 0.246. The van der Waals surface area contributed by atoms with Gasteiger partial charge in [-0.3, -0.25) is 0 Å². The lowest BCUT2D eigenvalue weighted by molar-refractivity contribution is 0.0452.